The molecule has 1 atom stereocenters. The Morgan fingerprint density at radius 2 is 2.27 bits per heavy atom. The van der Waals surface area contributed by atoms with E-state index in [2.05, 4.69) is 0 Å². The topological polar surface area (TPSA) is 63.0 Å². The standard InChI is InChI=1S/C8H10N2O/c1-5-3-8(7(10)4-9)11-6(5)2/h3,7H,10H2,1-2H3. The lowest BCUT2D eigenvalue weighted by atomic mass is 10.2. The van der Waals surface area contributed by atoms with Crippen LogP contribution in [0.1, 0.15) is 23.1 Å². The highest BCUT2D eigenvalue weighted by molar-refractivity contribution is 5.23. The summed E-state index contributed by atoms with van der Waals surface area (Å²) in [5.74, 6) is 1.37. The minimum absolute atomic E-state index is 0.544. The molecule has 1 aromatic heterocycles. The van der Waals surface area contributed by atoms with Gasteiger partial charge in [-0.1, -0.05) is 0 Å². The predicted molar refractivity (Wildman–Crippen MR) is 40.7 cm³/mol. The Morgan fingerprint density at radius 3 is 2.64 bits per heavy atom. The first kappa shape index (κ1) is 7.83. The maximum Gasteiger partial charge on any atom is 0.151 e. The van der Waals surface area contributed by atoms with Crippen LogP contribution in [0, 0.1) is 25.2 Å². The van der Waals surface area contributed by atoms with Crippen LogP contribution >= 0.6 is 0 Å². The van der Waals surface area contributed by atoms with Gasteiger partial charge < -0.3 is 10.2 Å². The summed E-state index contributed by atoms with van der Waals surface area (Å²) >= 11 is 0. The van der Waals surface area contributed by atoms with E-state index in [1.54, 1.807) is 6.07 Å². The van der Waals surface area contributed by atoms with E-state index >= 15 is 0 Å². The molecule has 0 bridgehead atoms. The average molecular weight is 150 g/mol. The fraction of sp³-hybridized carbons (Fsp3) is 0.375. The van der Waals surface area contributed by atoms with Gasteiger partial charge in [-0.3, -0.25) is 0 Å². The number of nitriles is 1. The zero-order valence-corrected chi connectivity index (χ0v) is 6.59. The van der Waals surface area contributed by atoms with Gasteiger partial charge in [0, 0.05) is 0 Å². The molecule has 0 fully saturated rings. The molecule has 0 aromatic carbocycles. The molecule has 0 amide bonds. The fourth-order valence-corrected chi connectivity index (χ4v) is 0.819. The smallest absolute Gasteiger partial charge is 0.151 e. The molecule has 0 aliphatic heterocycles. The molecule has 0 radical (unpaired) electrons. The van der Waals surface area contributed by atoms with E-state index < -0.39 is 6.04 Å². The van der Waals surface area contributed by atoms with Crippen molar-refractivity contribution in [2.75, 3.05) is 0 Å². The van der Waals surface area contributed by atoms with Crippen molar-refractivity contribution in [3.05, 3.63) is 23.2 Å². The van der Waals surface area contributed by atoms with Crippen molar-refractivity contribution < 1.29 is 4.42 Å². The van der Waals surface area contributed by atoms with E-state index in [-0.39, 0.29) is 0 Å². The fourth-order valence-electron chi connectivity index (χ4n) is 0.819. The lowest BCUT2D eigenvalue weighted by Crippen LogP contribution is -2.05. The summed E-state index contributed by atoms with van der Waals surface area (Å²) in [5, 5.41) is 8.45. The maximum atomic E-state index is 8.45. The van der Waals surface area contributed by atoms with E-state index in [1.165, 1.54) is 0 Å². The van der Waals surface area contributed by atoms with Gasteiger partial charge in [-0.2, -0.15) is 5.26 Å². The van der Waals surface area contributed by atoms with E-state index in [4.69, 9.17) is 15.4 Å². The van der Waals surface area contributed by atoms with Crippen LogP contribution in [0.25, 0.3) is 0 Å². The van der Waals surface area contributed by atoms with Crippen molar-refractivity contribution in [1.29, 1.82) is 5.26 Å². The molecule has 0 saturated carbocycles. The number of aryl methyl sites for hydroxylation is 2. The van der Waals surface area contributed by atoms with E-state index in [0.717, 1.165) is 11.3 Å². The van der Waals surface area contributed by atoms with Crippen LogP contribution in [0.4, 0.5) is 0 Å². The highest BCUT2D eigenvalue weighted by Gasteiger charge is 2.10. The molecule has 1 heterocycles. The summed E-state index contributed by atoms with van der Waals surface area (Å²) in [7, 11) is 0. The maximum absolute atomic E-state index is 8.45. The van der Waals surface area contributed by atoms with Crippen molar-refractivity contribution in [2.45, 2.75) is 19.9 Å². The normalized spacial score (nSPS) is 12.5. The molecule has 1 aromatic rings. The summed E-state index contributed by atoms with van der Waals surface area (Å²) in [6.07, 6.45) is 0. The molecular formula is C8H10N2O. The van der Waals surface area contributed by atoms with Gasteiger partial charge in [0.05, 0.1) is 6.07 Å². The number of hydrogen-bond acceptors (Lipinski definition) is 3. The molecular weight excluding hydrogens is 140 g/mol. The molecule has 2 N–H and O–H groups in total. The van der Waals surface area contributed by atoms with Crippen LogP contribution in [0.15, 0.2) is 10.5 Å². The number of nitrogens with zero attached hydrogens (tertiary/aromatic N) is 1. The van der Waals surface area contributed by atoms with Crippen molar-refractivity contribution >= 4 is 0 Å². The Kier molecular flexibility index (Phi) is 1.97. The first-order valence-corrected chi connectivity index (χ1v) is 3.37. The molecule has 1 unspecified atom stereocenters. The lowest BCUT2D eigenvalue weighted by molar-refractivity contribution is 0.471. The number of nitrogens with two attached hydrogens (primary N) is 1. The SMILES string of the molecule is Cc1cc(C(N)C#N)oc1C. The summed E-state index contributed by atoms with van der Waals surface area (Å²) in [6.45, 7) is 3.77. The first-order chi connectivity index (χ1) is 5.15. The molecule has 3 heteroatoms. The van der Waals surface area contributed by atoms with Crippen LogP contribution in [-0.4, -0.2) is 0 Å². The molecule has 0 aliphatic rings. The Balaban J connectivity index is 2.99. The first-order valence-electron chi connectivity index (χ1n) is 3.37. The number of furan rings is 1. The summed E-state index contributed by atoms with van der Waals surface area (Å²) < 4.78 is 5.22. The Morgan fingerprint density at radius 1 is 1.64 bits per heavy atom. The minimum atomic E-state index is -0.637. The third-order valence-corrected chi connectivity index (χ3v) is 1.63. The van der Waals surface area contributed by atoms with Gasteiger partial charge in [-0.25, -0.2) is 0 Å². The molecule has 58 valence electrons. The third kappa shape index (κ3) is 1.41. The Labute approximate surface area is 65.4 Å². The molecule has 3 nitrogen and oxygen atoms in total. The molecule has 0 aliphatic carbocycles. The average Bonchev–Trinajstić information content (AvgIpc) is 2.31. The Hall–Kier alpha value is -1.27. The molecule has 1 rings (SSSR count). The van der Waals surface area contributed by atoms with E-state index in [9.17, 15) is 0 Å². The second kappa shape index (κ2) is 2.77. The lowest BCUT2D eigenvalue weighted by Gasteiger charge is -1.93. The third-order valence-electron chi connectivity index (χ3n) is 1.63. The van der Waals surface area contributed by atoms with Gasteiger partial charge in [0.15, 0.2) is 6.04 Å². The monoisotopic (exact) mass is 150 g/mol. The van der Waals surface area contributed by atoms with Gasteiger partial charge in [0.2, 0.25) is 0 Å². The van der Waals surface area contributed by atoms with Crippen molar-refractivity contribution in [3.8, 4) is 6.07 Å². The second-order valence-corrected chi connectivity index (χ2v) is 2.49. The van der Waals surface area contributed by atoms with Gasteiger partial charge in [0.1, 0.15) is 11.5 Å². The molecule has 0 spiro atoms. The zero-order valence-electron chi connectivity index (χ0n) is 6.59. The van der Waals surface area contributed by atoms with Crippen LogP contribution in [0.2, 0.25) is 0 Å². The minimum Gasteiger partial charge on any atom is -0.463 e. The quantitative estimate of drug-likeness (QED) is 0.658. The van der Waals surface area contributed by atoms with Crippen molar-refractivity contribution in [1.82, 2.24) is 0 Å². The zero-order chi connectivity index (χ0) is 8.43. The number of rotatable bonds is 1. The molecule has 0 saturated heterocycles. The highest BCUT2D eigenvalue weighted by Crippen LogP contribution is 2.17. The molecule has 11 heavy (non-hydrogen) atoms. The largest absolute Gasteiger partial charge is 0.463 e. The Bertz CT molecular complexity index is 276. The predicted octanol–water partition coefficient (Wildman–Crippen LogP) is 1.42. The summed E-state index contributed by atoms with van der Waals surface area (Å²) in [4.78, 5) is 0. The van der Waals surface area contributed by atoms with E-state index in [1.807, 2.05) is 19.9 Å². The van der Waals surface area contributed by atoms with Crippen molar-refractivity contribution in [3.63, 3.8) is 0 Å². The van der Waals surface area contributed by atoms with Gasteiger partial charge in [-0.15, -0.1) is 0 Å². The van der Waals surface area contributed by atoms with Gasteiger partial charge in [-0.05, 0) is 25.5 Å². The second-order valence-electron chi connectivity index (χ2n) is 2.49. The van der Waals surface area contributed by atoms with E-state index in [0.29, 0.717) is 5.76 Å². The van der Waals surface area contributed by atoms with Crippen molar-refractivity contribution in [2.24, 2.45) is 5.73 Å². The van der Waals surface area contributed by atoms with Gasteiger partial charge in [0.25, 0.3) is 0 Å². The van der Waals surface area contributed by atoms with Crippen LogP contribution in [0.5, 0.6) is 0 Å². The van der Waals surface area contributed by atoms with Gasteiger partial charge >= 0.3 is 0 Å². The summed E-state index contributed by atoms with van der Waals surface area (Å²) in [6, 6.07) is 3.06. The van der Waals surface area contributed by atoms with Crippen LogP contribution < -0.4 is 5.73 Å². The van der Waals surface area contributed by atoms with Crippen LogP contribution in [0.3, 0.4) is 0 Å². The summed E-state index contributed by atoms with van der Waals surface area (Å²) in [5.41, 5.74) is 6.45. The highest BCUT2D eigenvalue weighted by atomic mass is 16.3. The van der Waals surface area contributed by atoms with Crippen LogP contribution in [-0.2, 0) is 0 Å². The number of hydrogen-bond donors (Lipinski definition) is 1.